The van der Waals surface area contributed by atoms with E-state index >= 15 is 0 Å². The lowest BCUT2D eigenvalue weighted by Gasteiger charge is -2.37. The molecule has 1 aliphatic carbocycles. The molecule has 156 valence electrons. The van der Waals surface area contributed by atoms with Crippen LogP contribution in [0.25, 0.3) is 0 Å². The fourth-order valence-corrected chi connectivity index (χ4v) is 3.01. The molecule has 8 heteroatoms. The highest BCUT2D eigenvalue weighted by Gasteiger charge is 2.45. The van der Waals surface area contributed by atoms with Gasteiger partial charge >= 0.3 is 18.2 Å². The van der Waals surface area contributed by atoms with Crippen LogP contribution in [0.4, 0.5) is 9.59 Å². The Kier molecular flexibility index (Phi) is 7.27. The zero-order chi connectivity index (χ0) is 21.0. The largest absolute Gasteiger partial charge is 0.480 e. The van der Waals surface area contributed by atoms with E-state index in [1.165, 1.54) is 0 Å². The summed E-state index contributed by atoms with van der Waals surface area (Å²) in [5.74, 6) is -1.40. The van der Waals surface area contributed by atoms with E-state index in [-0.39, 0.29) is 6.42 Å². The molecule has 1 rings (SSSR count). The summed E-state index contributed by atoms with van der Waals surface area (Å²) in [4.78, 5) is 37.7. The van der Waals surface area contributed by atoms with Crippen LogP contribution in [-0.2, 0) is 14.3 Å². The minimum atomic E-state index is -1.59. The highest BCUT2D eigenvalue weighted by atomic mass is 16.6. The summed E-state index contributed by atoms with van der Waals surface area (Å²) in [6.45, 7) is 9.68. The van der Waals surface area contributed by atoms with Gasteiger partial charge in [-0.1, -0.05) is 19.3 Å². The van der Waals surface area contributed by atoms with Gasteiger partial charge in [-0.05, 0) is 54.4 Å². The van der Waals surface area contributed by atoms with Crippen LogP contribution in [-0.4, -0.2) is 56.1 Å². The Labute approximate surface area is 160 Å². The van der Waals surface area contributed by atoms with E-state index in [0.717, 1.165) is 19.3 Å². The smallest absolute Gasteiger partial charge is 0.420 e. The number of aliphatic hydroxyl groups is 1. The number of carbonyl (C=O) groups is 3. The van der Waals surface area contributed by atoms with Crippen molar-refractivity contribution in [1.29, 1.82) is 0 Å². The van der Waals surface area contributed by atoms with Crippen LogP contribution in [0.15, 0.2) is 0 Å². The van der Waals surface area contributed by atoms with Gasteiger partial charge in [0, 0.05) is 6.42 Å². The van der Waals surface area contributed by atoms with Crippen LogP contribution in [0, 0.1) is 0 Å². The zero-order valence-electron chi connectivity index (χ0n) is 17.2. The zero-order valence-corrected chi connectivity index (χ0v) is 17.2. The van der Waals surface area contributed by atoms with Crippen molar-refractivity contribution in [3.8, 4) is 0 Å². The standard InChI is InChI=1S/C19H33NO7/c1-17(2,3)26-15(23)20(16(24)27-18(4,5)6)13(14(21)22)12-19(25)10-8-7-9-11-19/h13,25H,7-12H2,1-6H3,(H,21,22). The molecule has 1 unspecified atom stereocenters. The van der Waals surface area contributed by atoms with Gasteiger partial charge in [0.05, 0.1) is 5.60 Å². The van der Waals surface area contributed by atoms with Crippen LogP contribution in [0.3, 0.4) is 0 Å². The second-order valence-corrected chi connectivity index (χ2v) is 9.17. The molecular weight excluding hydrogens is 354 g/mol. The number of hydrogen-bond donors (Lipinski definition) is 2. The third-order valence-electron chi connectivity index (χ3n) is 4.13. The topological polar surface area (TPSA) is 113 Å². The van der Waals surface area contributed by atoms with E-state index in [4.69, 9.17) is 9.47 Å². The number of nitrogens with zero attached hydrogens (tertiary/aromatic N) is 1. The fourth-order valence-electron chi connectivity index (χ4n) is 3.01. The van der Waals surface area contributed by atoms with Gasteiger partial charge in [0.25, 0.3) is 0 Å². The van der Waals surface area contributed by atoms with E-state index in [1.807, 2.05) is 0 Å². The first-order valence-electron chi connectivity index (χ1n) is 9.34. The third kappa shape index (κ3) is 7.74. The predicted octanol–water partition coefficient (Wildman–Crippen LogP) is 3.70. The Bertz CT molecular complexity index is 525. The SMILES string of the molecule is CC(C)(C)OC(=O)N(C(=O)OC(C)(C)C)C(CC1(O)CCCCC1)C(=O)O. The molecule has 0 radical (unpaired) electrons. The maximum Gasteiger partial charge on any atom is 0.420 e. The number of hydrogen-bond acceptors (Lipinski definition) is 6. The average molecular weight is 387 g/mol. The lowest BCUT2D eigenvalue weighted by molar-refractivity contribution is -0.146. The van der Waals surface area contributed by atoms with Crippen molar-refractivity contribution in [2.45, 2.75) is 103 Å². The van der Waals surface area contributed by atoms with Crippen molar-refractivity contribution in [1.82, 2.24) is 4.90 Å². The number of ether oxygens (including phenoxy) is 2. The van der Waals surface area contributed by atoms with Crippen LogP contribution in [0.1, 0.15) is 80.1 Å². The molecule has 0 bridgehead atoms. The first-order valence-corrected chi connectivity index (χ1v) is 9.34. The maximum absolute atomic E-state index is 12.6. The number of amides is 2. The van der Waals surface area contributed by atoms with Crippen molar-refractivity contribution in [2.24, 2.45) is 0 Å². The van der Waals surface area contributed by atoms with Gasteiger partial charge < -0.3 is 19.7 Å². The van der Waals surface area contributed by atoms with Crippen LogP contribution in [0.2, 0.25) is 0 Å². The molecule has 2 amide bonds. The quantitative estimate of drug-likeness (QED) is 0.756. The molecule has 0 aromatic carbocycles. The Morgan fingerprint density at radius 3 is 1.67 bits per heavy atom. The van der Waals surface area contributed by atoms with Crippen LogP contribution in [0.5, 0.6) is 0 Å². The molecule has 1 saturated carbocycles. The molecule has 0 heterocycles. The molecule has 0 saturated heterocycles. The molecule has 2 N–H and O–H groups in total. The molecule has 8 nitrogen and oxygen atoms in total. The van der Waals surface area contributed by atoms with Gasteiger partial charge in [-0.2, -0.15) is 4.90 Å². The lowest BCUT2D eigenvalue weighted by Crippen LogP contribution is -2.54. The monoisotopic (exact) mass is 387 g/mol. The van der Waals surface area contributed by atoms with E-state index < -0.39 is 41.0 Å². The van der Waals surface area contributed by atoms with Crippen molar-refractivity contribution >= 4 is 18.2 Å². The molecular formula is C19H33NO7. The van der Waals surface area contributed by atoms with E-state index in [1.54, 1.807) is 41.5 Å². The minimum absolute atomic E-state index is 0.263. The Balaban J connectivity index is 3.19. The van der Waals surface area contributed by atoms with Crippen LogP contribution >= 0.6 is 0 Å². The molecule has 0 aliphatic heterocycles. The normalized spacial score (nSPS) is 18.3. The molecule has 0 aromatic heterocycles. The van der Waals surface area contributed by atoms with E-state index in [0.29, 0.717) is 17.7 Å². The highest BCUT2D eigenvalue weighted by molar-refractivity contribution is 5.93. The Morgan fingerprint density at radius 1 is 0.926 bits per heavy atom. The fraction of sp³-hybridized carbons (Fsp3) is 0.842. The number of carboxylic acids is 1. The van der Waals surface area contributed by atoms with Gasteiger partial charge in [0.15, 0.2) is 0 Å². The Hall–Kier alpha value is -1.83. The molecule has 1 atom stereocenters. The van der Waals surface area contributed by atoms with E-state index in [9.17, 15) is 24.6 Å². The summed E-state index contributed by atoms with van der Waals surface area (Å²) in [6.07, 6.45) is 0.860. The van der Waals surface area contributed by atoms with Crippen LogP contribution < -0.4 is 0 Å². The molecule has 0 spiro atoms. The van der Waals surface area contributed by atoms with Gasteiger partial charge in [-0.15, -0.1) is 0 Å². The number of imide groups is 1. The summed E-state index contributed by atoms with van der Waals surface area (Å²) in [5.41, 5.74) is -3.10. The molecule has 1 aliphatic rings. The molecule has 0 aromatic rings. The summed E-state index contributed by atoms with van der Waals surface area (Å²) in [6, 6.07) is -1.59. The second-order valence-electron chi connectivity index (χ2n) is 9.17. The average Bonchev–Trinajstić information content (AvgIpc) is 2.43. The number of carbonyl (C=O) groups excluding carboxylic acids is 2. The maximum atomic E-state index is 12.6. The number of rotatable bonds is 4. The van der Waals surface area contributed by atoms with Crippen molar-refractivity contribution in [3.05, 3.63) is 0 Å². The van der Waals surface area contributed by atoms with Gasteiger partial charge in [-0.3, -0.25) is 0 Å². The Morgan fingerprint density at radius 2 is 1.33 bits per heavy atom. The molecule has 27 heavy (non-hydrogen) atoms. The van der Waals surface area contributed by atoms with Crippen molar-refractivity contribution < 1.29 is 34.1 Å². The van der Waals surface area contributed by atoms with Crippen molar-refractivity contribution in [3.63, 3.8) is 0 Å². The second kappa shape index (κ2) is 8.46. The lowest BCUT2D eigenvalue weighted by atomic mass is 9.80. The van der Waals surface area contributed by atoms with Crippen molar-refractivity contribution in [2.75, 3.05) is 0 Å². The van der Waals surface area contributed by atoms with Gasteiger partial charge in [0.2, 0.25) is 0 Å². The summed E-state index contributed by atoms with van der Waals surface area (Å²) in [5, 5.41) is 20.5. The summed E-state index contributed by atoms with van der Waals surface area (Å²) in [7, 11) is 0. The summed E-state index contributed by atoms with van der Waals surface area (Å²) < 4.78 is 10.5. The third-order valence-corrected chi connectivity index (χ3v) is 4.13. The minimum Gasteiger partial charge on any atom is -0.480 e. The first-order chi connectivity index (χ1) is 12.1. The van der Waals surface area contributed by atoms with E-state index in [2.05, 4.69) is 0 Å². The summed E-state index contributed by atoms with van der Waals surface area (Å²) >= 11 is 0. The predicted molar refractivity (Wildman–Crippen MR) is 98.4 cm³/mol. The van der Waals surface area contributed by atoms with Gasteiger partial charge in [-0.25, -0.2) is 14.4 Å². The van der Waals surface area contributed by atoms with Gasteiger partial charge in [0.1, 0.15) is 17.2 Å². The number of aliphatic carboxylic acids is 1. The highest BCUT2D eigenvalue weighted by Crippen LogP contribution is 2.33. The molecule has 1 fully saturated rings. The first kappa shape index (κ1) is 23.2. The number of carboxylic acid groups (broad SMARTS) is 1.